The molecule has 122 valence electrons. The van der Waals surface area contributed by atoms with E-state index in [-0.39, 0.29) is 11.7 Å². The second kappa shape index (κ2) is 6.23. The van der Waals surface area contributed by atoms with Gasteiger partial charge in [-0.25, -0.2) is 13.4 Å². The summed E-state index contributed by atoms with van der Waals surface area (Å²) in [7, 11) is -3.19. The molecule has 1 atom stereocenters. The van der Waals surface area contributed by atoms with Crippen molar-refractivity contribution in [3.8, 4) is 0 Å². The SMILES string of the molecule is CCS(=O)(=O)N1CCc2nc(NC(=O)C3CCCO3)sc2C1. The van der Waals surface area contributed by atoms with Gasteiger partial charge in [-0.2, -0.15) is 4.31 Å². The average molecular weight is 345 g/mol. The summed E-state index contributed by atoms with van der Waals surface area (Å²) in [6.07, 6.45) is 1.83. The van der Waals surface area contributed by atoms with Crippen molar-refractivity contribution >= 4 is 32.4 Å². The van der Waals surface area contributed by atoms with Crippen LogP contribution in [0.15, 0.2) is 0 Å². The fraction of sp³-hybridized carbons (Fsp3) is 0.692. The van der Waals surface area contributed by atoms with Crippen molar-refractivity contribution in [1.29, 1.82) is 0 Å². The number of rotatable bonds is 4. The van der Waals surface area contributed by atoms with Crippen LogP contribution in [0.4, 0.5) is 5.13 Å². The lowest BCUT2D eigenvalue weighted by Crippen LogP contribution is -2.36. The molecule has 0 bridgehead atoms. The van der Waals surface area contributed by atoms with Gasteiger partial charge in [0.05, 0.1) is 11.4 Å². The third-order valence-electron chi connectivity index (χ3n) is 3.91. The Labute approximate surface area is 133 Å². The maximum Gasteiger partial charge on any atom is 0.255 e. The Balaban J connectivity index is 1.69. The van der Waals surface area contributed by atoms with Crippen molar-refractivity contribution < 1.29 is 17.9 Å². The largest absolute Gasteiger partial charge is 0.368 e. The number of fused-ring (bicyclic) bond motifs is 1. The van der Waals surface area contributed by atoms with Crippen LogP contribution in [0.5, 0.6) is 0 Å². The van der Waals surface area contributed by atoms with Gasteiger partial charge in [0, 0.05) is 31.0 Å². The third-order valence-corrected chi connectivity index (χ3v) is 6.73. The molecule has 9 heteroatoms. The molecule has 22 heavy (non-hydrogen) atoms. The van der Waals surface area contributed by atoms with E-state index in [1.165, 1.54) is 15.6 Å². The summed E-state index contributed by atoms with van der Waals surface area (Å²) < 4.78 is 30.7. The van der Waals surface area contributed by atoms with E-state index < -0.39 is 16.1 Å². The van der Waals surface area contributed by atoms with Gasteiger partial charge in [0.15, 0.2) is 5.13 Å². The minimum atomic E-state index is -3.19. The molecule has 0 aromatic carbocycles. The van der Waals surface area contributed by atoms with Gasteiger partial charge < -0.3 is 4.74 Å². The van der Waals surface area contributed by atoms with Crippen LogP contribution in [0.3, 0.4) is 0 Å². The monoisotopic (exact) mass is 345 g/mol. The number of aromatic nitrogens is 1. The Bertz CT molecular complexity index is 665. The Kier molecular flexibility index (Phi) is 4.49. The van der Waals surface area contributed by atoms with Crippen LogP contribution in [-0.4, -0.2) is 48.6 Å². The summed E-state index contributed by atoms with van der Waals surface area (Å²) in [6.45, 7) is 3.06. The molecular formula is C13H19N3O4S2. The minimum Gasteiger partial charge on any atom is -0.368 e. The first-order chi connectivity index (χ1) is 10.5. The van der Waals surface area contributed by atoms with E-state index in [0.29, 0.717) is 31.2 Å². The van der Waals surface area contributed by atoms with Crippen LogP contribution in [0.25, 0.3) is 0 Å². The van der Waals surface area contributed by atoms with Crippen LogP contribution in [0.2, 0.25) is 0 Å². The molecule has 3 heterocycles. The highest BCUT2D eigenvalue weighted by atomic mass is 32.2. The number of hydrogen-bond donors (Lipinski definition) is 1. The number of sulfonamides is 1. The van der Waals surface area contributed by atoms with E-state index in [1.54, 1.807) is 6.92 Å². The first-order valence-corrected chi connectivity index (χ1v) is 9.81. The van der Waals surface area contributed by atoms with Crippen molar-refractivity contribution in [3.05, 3.63) is 10.6 Å². The smallest absolute Gasteiger partial charge is 0.255 e. The van der Waals surface area contributed by atoms with Crippen molar-refractivity contribution in [3.63, 3.8) is 0 Å². The van der Waals surface area contributed by atoms with Crippen LogP contribution in [0, 0.1) is 0 Å². The molecule has 1 N–H and O–H groups in total. The summed E-state index contributed by atoms with van der Waals surface area (Å²) in [5.74, 6) is -0.0642. The number of thiazole rings is 1. The average Bonchev–Trinajstić information content (AvgIpc) is 3.15. The summed E-state index contributed by atoms with van der Waals surface area (Å²) >= 11 is 1.35. The Hall–Kier alpha value is -1.03. The van der Waals surface area contributed by atoms with Crippen LogP contribution in [-0.2, 0) is 32.5 Å². The highest BCUT2D eigenvalue weighted by molar-refractivity contribution is 7.89. The molecular weight excluding hydrogens is 326 g/mol. The zero-order valence-electron chi connectivity index (χ0n) is 12.4. The third kappa shape index (κ3) is 3.17. The number of hydrogen-bond acceptors (Lipinski definition) is 6. The lowest BCUT2D eigenvalue weighted by Gasteiger charge is -2.24. The first-order valence-electron chi connectivity index (χ1n) is 7.38. The molecule has 1 unspecified atom stereocenters. The van der Waals surface area contributed by atoms with E-state index in [4.69, 9.17) is 4.74 Å². The normalized spacial score (nSPS) is 22.5. The van der Waals surface area contributed by atoms with Crippen molar-refractivity contribution in [1.82, 2.24) is 9.29 Å². The standard InChI is InChI=1S/C13H19N3O4S2/c1-2-22(18,19)16-6-5-9-11(8-16)21-13(14-9)15-12(17)10-4-3-7-20-10/h10H,2-8H2,1H3,(H,14,15,17). The molecule has 1 aromatic rings. The summed E-state index contributed by atoms with van der Waals surface area (Å²) in [5, 5.41) is 3.31. The second-order valence-corrected chi connectivity index (χ2v) is 8.71. The summed E-state index contributed by atoms with van der Waals surface area (Å²) in [4.78, 5) is 17.3. The number of nitrogens with zero attached hydrogens (tertiary/aromatic N) is 2. The quantitative estimate of drug-likeness (QED) is 0.878. The fourth-order valence-corrected chi connectivity index (χ4v) is 4.78. The van der Waals surface area contributed by atoms with E-state index in [2.05, 4.69) is 10.3 Å². The molecule has 1 amide bonds. The lowest BCUT2D eigenvalue weighted by molar-refractivity contribution is -0.124. The van der Waals surface area contributed by atoms with E-state index >= 15 is 0 Å². The van der Waals surface area contributed by atoms with Crippen molar-refractivity contribution in [2.75, 3.05) is 24.2 Å². The maximum absolute atomic E-state index is 12.0. The first kappa shape index (κ1) is 15.9. The molecule has 7 nitrogen and oxygen atoms in total. The molecule has 2 aliphatic rings. The number of nitrogens with one attached hydrogen (secondary N) is 1. The van der Waals surface area contributed by atoms with Gasteiger partial charge in [-0.05, 0) is 19.8 Å². The van der Waals surface area contributed by atoms with Gasteiger partial charge in [-0.1, -0.05) is 0 Å². The molecule has 0 saturated carbocycles. The molecule has 1 fully saturated rings. The Morgan fingerprint density at radius 1 is 1.55 bits per heavy atom. The molecule has 1 saturated heterocycles. The van der Waals surface area contributed by atoms with Crippen LogP contribution < -0.4 is 5.32 Å². The molecule has 1 aromatic heterocycles. The zero-order valence-corrected chi connectivity index (χ0v) is 14.0. The van der Waals surface area contributed by atoms with E-state index in [0.717, 1.165) is 23.4 Å². The minimum absolute atomic E-state index is 0.101. The second-order valence-electron chi connectivity index (χ2n) is 5.36. The summed E-state index contributed by atoms with van der Waals surface area (Å²) in [6, 6.07) is 0. The summed E-state index contributed by atoms with van der Waals surface area (Å²) in [5.41, 5.74) is 0.884. The van der Waals surface area contributed by atoms with E-state index in [9.17, 15) is 13.2 Å². The molecule has 0 aliphatic carbocycles. The molecule has 3 rings (SSSR count). The van der Waals surface area contributed by atoms with Gasteiger partial charge >= 0.3 is 0 Å². The van der Waals surface area contributed by atoms with Gasteiger partial charge in [0.25, 0.3) is 5.91 Å². The lowest BCUT2D eigenvalue weighted by atomic mass is 10.2. The molecule has 0 spiro atoms. The molecule has 0 radical (unpaired) electrons. The predicted octanol–water partition coefficient (Wildman–Crippen LogP) is 0.968. The zero-order chi connectivity index (χ0) is 15.7. The number of carbonyl (C=O) groups excluding carboxylic acids is 1. The number of amides is 1. The Morgan fingerprint density at radius 2 is 2.36 bits per heavy atom. The van der Waals surface area contributed by atoms with Crippen LogP contribution >= 0.6 is 11.3 Å². The maximum atomic E-state index is 12.0. The van der Waals surface area contributed by atoms with E-state index in [1.807, 2.05) is 0 Å². The van der Waals surface area contributed by atoms with Crippen LogP contribution in [0.1, 0.15) is 30.3 Å². The topological polar surface area (TPSA) is 88.6 Å². The number of carbonyl (C=O) groups is 1. The van der Waals surface area contributed by atoms with Gasteiger partial charge in [0.1, 0.15) is 6.10 Å². The highest BCUT2D eigenvalue weighted by Crippen LogP contribution is 2.30. The van der Waals surface area contributed by atoms with Gasteiger partial charge in [0.2, 0.25) is 10.0 Å². The fourth-order valence-electron chi connectivity index (χ4n) is 2.62. The molecule has 2 aliphatic heterocycles. The predicted molar refractivity (Wildman–Crippen MR) is 83.3 cm³/mol. The van der Waals surface area contributed by atoms with Crippen molar-refractivity contribution in [2.24, 2.45) is 0 Å². The van der Waals surface area contributed by atoms with Crippen molar-refractivity contribution in [2.45, 2.75) is 38.8 Å². The Morgan fingerprint density at radius 3 is 3.05 bits per heavy atom. The van der Waals surface area contributed by atoms with Gasteiger partial charge in [-0.3, -0.25) is 10.1 Å². The highest BCUT2D eigenvalue weighted by Gasteiger charge is 2.29. The van der Waals surface area contributed by atoms with Gasteiger partial charge in [-0.15, -0.1) is 11.3 Å². The number of anilines is 1. The number of ether oxygens (including phenoxy) is 1.